The molecule has 1 aliphatic carbocycles. The molecule has 0 spiro atoms. The number of nitrogen functional groups attached to an aromatic ring is 1. The minimum atomic E-state index is 0.642. The van der Waals surface area contributed by atoms with E-state index in [0.29, 0.717) is 11.0 Å². The molecular weight excluding hydrogens is 320 g/mol. The lowest BCUT2D eigenvalue weighted by atomic mass is 10.1. The summed E-state index contributed by atoms with van der Waals surface area (Å²) in [6.07, 6.45) is 2.50. The number of halogens is 2. The van der Waals surface area contributed by atoms with Crippen LogP contribution in [0.4, 0.5) is 5.13 Å². The Hall–Kier alpha value is -0.580. The number of hydrogen-bond donors (Lipinski definition) is 1. The SMILES string of the molecule is Nc1nc(-c2ccc(Cl)cc2Br)c(C2CC2)s1. The molecule has 2 nitrogen and oxygen atoms in total. The molecule has 0 radical (unpaired) electrons. The van der Waals surface area contributed by atoms with E-state index in [1.165, 1.54) is 17.7 Å². The molecule has 5 heteroatoms. The van der Waals surface area contributed by atoms with Crippen molar-refractivity contribution in [3.63, 3.8) is 0 Å². The largest absolute Gasteiger partial charge is 0.375 e. The average molecular weight is 330 g/mol. The van der Waals surface area contributed by atoms with Crippen LogP contribution in [0.3, 0.4) is 0 Å². The highest BCUT2D eigenvalue weighted by Crippen LogP contribution is 2.48. The highest BCUT2D eigenvalue weighted by atomic mass is 79.9. The molecule has 88 valence electrons. The van der Waals surface area contributed by atoms with Gasteiger partial charge in [-0.3, -0.25) is 0 Å². The molecule has 1 fully saturated rings. The van der Waals surface area contributed by atoms with Crippen LogP contribution in [0.1, 0.15) is 23.6 Å². The molecule has 0 bridgehead atoms. The molecule has 3 rings (SSSR count). The molecule has 1 aliphatic rings. The second kappa shape index (κ2) is 4.26. The zero-order valence-electron chi connectivity index (χ0n) is 8.91. The van der Waals surface area contributed by atoms with Gasteiger partial charge in [-0.1, -0.05) is 33.6 Å². The first-order chi connectivity index (χ1) is 8.15. The molecule has 1 aromatic heterocycles. The van der Waals surface area contributed by atoms with E-state index in [1.54, 1.807) is 11.3 Å². The maximum atomic E-state index is 5.95. The Labute approximate surface area is 117 Å². The average Bonchev–Trinajstić information content (AvgIpc) is 3.03. The first kappa shape index (κ1) is 11.5. The summed E-state index contributed by atoms with van der Waals surface area (Å²) in [6.45, 7) is 0. The quantitative estimate of drug-likeness (QED) is 0.868. The zero-order chi connectivity index (χ0) is 12.0. The summed E-state index contributed by atoms with van der Waals surface area (Å²) in [7, 11) is 0. The van der Waals surface area contributed by atoms with Gasteiger partial charge in [-0.2, -0.15) is 0 Å². The van der Waals surface area contributed by atoms with Crippen molar-refractivity contribution < 1.29 is 0 Å². The fourth-order valence-corrected chi connectivity index (χ4v) is 3.73. The summed E-state index contributed by atoms with van der Waals surface area (Å²) < 4.78 is 0.970. The fourth-order valence-electron chi connectivity index (χ4n) is 1.85. The molecule has 0 atom stereocenters. The highest BCUT2D eigenvalue weighted by molar-refractivity contribution is 9.10. The third-order valence-corrected chi connectivity index (χ3v) is 4.74. The van der Waals surface area contributed by atoms with Crippen molar-refractivity contribution in [2.45, 2.75) is 18.8 Å². The third kappa shape index (κ3) is 2.21. The van der Waals surface area contributed by atoms with E-state index in [4.69, 9.17) is 17.3 Å². The van der Waals surface area contributed by atoms with E-state index in [1.807, 2.05) is 18.2 Å². The molecule has 0 amide bonds. The molecule has 1 heterocycles. The van der Waals surface area contributed by atoms with Crippen LogP contribution in [0.25, 0.3) is 11.3 Å². The van der Waals surface area contributed by atoms with Crippen LogP contribution >= 0.6 is 38.9 Å². The lowest BCUT2D eigenvalue weighted by Gasteiger charge is -2.04. The van der Waals surface area contributed by atoms with Gasteiger partial charge in [0, 0.05) is 19.9 Å². The number of nitrogens with two attached hydrogens (primary N) is 1. The number of benzene rings is 1. The van der Waals surface area contributed by atoms with Crippen molar-refractivity contribution in [1.29, 1.82) is 0 Å². The van der Waals surface area contributed by atoms with Crippen LogP contribution in [0.2, 0.25) is 5.02 Å². The van der Waals surface area contributed by atoms with Crippen LogP contribution < -0.4 is 5.73 Å². The Kier molecular flexibility index (Phi) is 2.89. The Balaban J connectivity index is 2.13. The summed E-state index contributed by atoms with van der Waals surface area (Å²) in [6, 6.07) is 5.77. The van der Waals surface area contributed by atoms with Crippen LogP contribution in [0.15, 0.2) is 22.7 Å². The number of anilines is 1. The van der Waals surface area contributed by atoms with Crippen LogP contribution in [-0.4, -0.2) is 4.98 Å². The lowest BCUT2D eigenvalue weighted by molar-refractivity contribution is 1.16. The molecule has 0 saturated heterocycles. The third-order valence-electron chi connectivity index (χ3n) is 2.80. The maximum Gasteiger partial charge on any atom is 0.180 e. The van der Waals surface area contributed by atoms with Crippen molar-refractivity contribution in [3.8, 4) is 11.3 Å². The minimum Gasteiger partial charge on any atom is -0.375 e. The van der Waals surface area contributed by atoms with Gasteiger partial charge in [-0.25, -0.2) is 4.98 Å². The van der Waals surface area contributed by atoms with E-state index in [9.17, 15) is 0 Å². The number of nitrogens with zero attached hydrogens (tertiary/aromatic N) is 1. The Morgan fingerprint density at radius 2 is 2.18 bits per heavy atom. The minimum absolute atomic E-state index is 0.642. The van der Waals surface area contributed by atoms with Gasteiger partial charge >= 0.3 is 0 Å². The van der Waals surface area contributed by atoms with Crippen molar-refractivity contribution in [3.05, 3.63) is 32.6 Å². The first-order valence-corrected chi connectivity index (χ1v) is 7.35. The molecule has 17 heavy (non-hydrogen) atoms. The first-order valence-electron chi connectivity index (χ1n) is 5.37. The smallest absolute Gasteiger partial charge is 0.180 e. The van der Waals surface area contributed by atoms with Crippen LogP contribution in [0, 0.1) is 0 Å². The number of rotatable bonds is 2. The predicted molar refractivity (Wildman–Crippen MR) is 76.6 cm³/mol. The van der Waals surface area contributed by atoms with Gasteiger partial charge in [-0.05, 0) is 30.9 Å². The van der Waals surface area contributed by atoms with Gasteiger partial charge in [-0.15, -0.1) is 11.3 Å². The summed E-state index contributed by atoms with van der Waals surface area (Å²) in [5.74, 6) is 0.655. The molecule has 2 N–H and O–H groups in total. The second-order valence-electron chi connectivity index (χ2n) is 4.16. The number of aromatic nitrogens is 1. The van der Waals surface area contributed by atoms with E-state index in [0.717, 1.165) is 20.8 Å². The number of hydrogen-bond acceptors (Lipinski definition) is 3. The predicted octanol–water partition coefficient (Wildman–Crippen LogP) is 4.69. The topological polar surface area (TPSA) is 38.9 Å². The van der Waals surface area contributed by atoms with Gasteiger partial charge in [0.05, 0.1) is 5.69 Å². The zero-order valence-corrected chi connectivity index (χ0v) is 12.1. The summed E-state index contributed by atoms with van der Waals surface area (Å²) in [4.78, 5) is 5.77. The van der Waals surface area contributed by atoms with Crippen LogP contribution in [0.5, 0.6) is 0 Å². The lowest BCUT2D eigenvalue weighted by Crippen LogP contribution is -1.86. The van der Waals surface area contributed by atoms with Crippen LogP contribution in [-0.2, 0) is 0 Å². The van der Waals surface area contributed by atoms with Crippen molar-refractivity contribution in [1.82, 2.24) is 4.98 Å². The molecule has 0 aliphatic heterocycles. The van der Waals surface area contributed by atoms with Crippen molar-refractivity contribution in [2.24, 2.45) is 0 Å². The highest BCUT2D eigenvalue weighted by Gasteiger charge is 2.30. The number of thiazole rings is 1. The molecule has 1 aromatic carbocycles. The van der Waals surface area contributed by atoms with Gasteiger partial charge < -0.3 is 5.73 Å². The fraction of sp³-hybridized carbons (Fsp3) is 0.250. The Morgan fingerprint density at radius 3 is 2.82 bits per heavy atom. The Bertz CT molecular complexity index is 578. The molecule has 1 saturated carbocycles. The van der Waals surface area contributed by atoms with E-state index in [-0.39, 0.29) is 0 Å². The maximum absolute atomic E-state index is 5.95. The van der Waals surface area contributed by atoms with Gasteiger partial charge in [0.15, 0.2) is 5.13 Å². The monoisotopic (exact) mass is 328 g/mol. The van der Waals surface area contributed by atoms with Crippen molar-refractivity contribution in [2.75, 3.05) is 5.73 Å². The van der Waals surface area contributed by atoms with Gasteiger partial charge in [0.25, 0.3) is 0 Å². The van der Waals surface area contributed by atoms with Crippen molar-refractivity contribution >= 4 is 44.0 Å². The normalized spacial score (nSPS) is 15.2. The molecular formula is C12H10BrClN2S. The van der Waals surface area contributed by atoms with Gasteiger partial charge in [0.1, 0.15) is 0 Å². The summed E-state index contributed by atoms with van der Waals surface area (Å²) in [5.41, 5.74) is 7.91. The molecule has 2 aromatic rings. The van der Waals surface area contributed by atoms with Gasteiger partial charge in [0.2, 0.25) is 0 Å². The Morgan fingerprint density at radius 1 is 1.41 bits per heavy atom. The van der Waals surface area contributed by atoms with E-state index in [2.05, 4.69) is 20.9 Å². The van der Waals surface area contributed by atoms with E-state index < -0.39 is 0 Å². The second-order valence-corrected chi connectivity index (χ2v) is 6.52. The molecule has 0 unspecified atom stereocenters. The summed E-state index contributed by atoms with van der Waals surface area (Å²) >= 11 is 11.1. The summed E-state index contributed by atoms with van der Waals surface area (Å²) in [5, 5.41) is 1.36. The van der Waals surface area contributed by atoms with E-state index >= 15 is 0 Å². The standard InChI is InChI=1S/C12H10BrClN2S/c13-9-5-7(14)3-4-8(9)10-11(6-1-2-6)17-12(15)16-10/h3-6H,1-2H2,(H2,15,16).